The third kappa shape index (κ3) is 8.54. The molecule has 0 spiro atoms. The first-order valence-corrected chi connectivity index (χ1v) is 9.10. The first-order valence-electron chi connectivity index (χ1n) is 9.10. The number of hydrogen-bond acceptors (Lipinski definition) is 4. The fraction of sp³-hybridized carbons (Fsp3) is 0.889. The Morgan fingerprint density at radius 1 is 1.32 bits per heavy atom. The van der Waals surface area contributed by atoms with E-state index in [2.05, 4.69) is 36.4 Å². The van der Waals surface area contributed by atoms with Crippen LogP contribution in [0.4, 0.5) is 0 Å². The topological polar surface area (TPSA) is 75.2 Å². The number of methoxy groups -OCH3 is 1. The van der Waals surface area contributed by atoms with Gasteiger partial charge >= 0.3 is 0 Å². The second kappa shape index (κ2) is 10.6. The zero-order valence-electron chi connectivity index (χ0n) is 16.7. The van der Waals surface area contributed by atoms with E-state index in [0.29, 0.717) is 19.0 Å². The molecule has 1 amide bonds. The van der Waals surface area contributed by atoms with Crippen molar-refractivity contribution in [3.63, 3.8) is 0 Å². The van der Waals surface area contributed by atoms with Crippen LogP contribution >= 0.6 is 0 Å². The first kappa shape index (κ1) is 21.7. The number of aliphatic imine (C=N–C) groups is 1. The molecule has 7 nitrogen and oxygen atoms in total. The fourth-order valence-corrected chi connectivity index (χ4v) is 2.57. The molecular formula is C18H36N4O3. The van der Waals surface area contributed by atoms with Crippen molar-refractivity contribution < 1.29 is 14.3 Å². The number of likely N-dealkylation sites (N-methyl/N-ethyl adjacent to an activating group) is 1. The SMILES string of the molecule is COC(CNC(=NCC(=O)N(C)C)NCC1CCCCO1)C(C)(C)C. The van der Waals surface area contributed by atoms with E-state index in [9.17, 15) is 4.79 Å². The van der Waals surface area contributed by atoms with E-state index in [1.165, 1.54) is 6.42 Å². The van der Waals surface area contributed by atoms with Crippen LogP contribution in [-0.4, -0.2) is 76.4 Å². The molecular weight excluding hydrogens is 320 g/mol. The number of carbonyl (C=O) groups is 1. The van der Waals surface area contributed by atoms with Gasteiger partial charge in [-0.3, -0.25) is 4.79 Å². The van der Waals surface area contributed by atoms with Crippen LogP contribution in [0.15, 0.2) is 4.99 Å². The zero-order chi connectivity index (χ0) is 18.9. The Bertz CT molecular complexity index is 427. The Morgan fingerprint density at radius 2 is 2.04 bits per heavy atom. The van der Waals surface area contributed by atoms with Crippen LogP contribution in [0.1, 0.15) is 40.0 Å². The predicted molar refractivity (Wildman–Crippen MR) is 101 cm³/mol. The molecule has 1 saturated heterocycles. The van der Waals surface area contributed by atoms with Crippen LogP contribution in [0.5, 0.6) is 0 Å². The summed E-state index contributed by atoms with van der Waals surface area (Å²) < 4.78 is 11.3. The van der Waals surface area contributed by atoms with Crippen molar-refractivity contribution in [1.29, 1.82) is 0 Å². The fourth-order valence-electron chi connectivity index (χ4n) is 2.57. The monoisotopic (exact) mass is 356 g/mol. The summed E-state index contributed by atoms with van der Waals surface area (Å²) in [5, 5.41) is 6.60. The number of rotatable bonds is 7. The van der Waals surface area contributed by atoms with E-state index < -0.39 is 0 Å². The van der Waals surface area contributed by atoms with Gasteiger partial charge in [-0.25, -0.2) is 4.99 Å². The number of nitrogens with one attached hydrogen (secondary N) is 2. The quantitative estimate of drug-likeness (QED) is 0.530. The Hall–Kier alpha value is -1.34. The lowest BCUT2D eigenvalue weighted by atomic mass is 9.89. The van der Waals surface area contributed by atoms with Crippen molar-refractivity contribution in [2.75, 3.05) is 47.4 Å². The van der Waals surface area contributed by atoms with Gasteiger partial charge in [0, 0.05) is 40.9 Å². The molecule has 0 saturated carbocycles. The smallest absolute Gasteiger partial charge is 0.243 e. The molecule has 146 valence electrons. The van der Waals surface area contributed by atoms with Gasteiger partial charge in [-0.1, -0.05) is 20.8 Å². The van der Waals surface area contributed by atoms with Gasteiger partial charge in [-0.15, -0.1) is 0 Å². The summed E-state index contributed by atoms with van der Waals surface area (Å²) in [5.74, 6) is 0.588. The van der Waals surface area contributed by atoms with Crippen LogP contribution in [0.2, 0.25) is 0 Å². The molecule has 1 rings (SSSR count). The van der Waals surface area contributed by atoms with Crippen LogP contribution in [0.3, 0.4) is 0 Å². The van der Waals surface area contributed by atoms with E-state index in [1.807, 2.05) is 0 Å². The standard InChI is InChI=1S/C18H36N4O3/c1-18(2,3)15(24-6)12-20-17(21-13-16(23)22(4)5)19-11-14-9-7-8-10-25-14/h14-15H,7-13H2,1-6H3,(H2,19,20,21). The van der Waals surface area contributed by atoms with Crippen molar-refractivity contribution in [3.05, 3.63) is 0 Å². The molecule has 2 N–H and O–H groups in total. The summed E-state index contributed by atoms with van der Waals surface area (Å²) in [5.41, 5.74) is 0.0127. The van der Waals surface area contributed by atoms with Crippen LogP contribution in [-0.2, 0) is 14.3 Å². The molecule has 0 aromatic carbocycles. The number of hydrogen-bond donors (Lipinski definition) is 2. The van der Waals surface area contributed by atoms with Gasteiger partial charge in [0.15, 0.2) is 5.96 Å². The maximum absolute atomic E-state index is 11.8. The molecule has 1 heterocycles. The molecule has 1 aliphatic rings. The van der Waals surface area contributed by atoms with Gasteiger partial charge in [0.05, 0.1) is 12.2 Å². The van der Waals surface area contributed by atoms with E-state index >= 15 is 0 Å². The second-order valence-corrected chi connectivity index (χ2v) is 7.79. The summed E-state index contributed by atoms with van der Waals surface area (Å²) in [6.45, 7) is 8.65. The number of carbonyl (C=O) groups excluding carboxylic acids is 1. The number of ether oxygens (including phenoxy) is 2. The highest BCUT2D eigenvalue weighted by atomic mass is 16.5. The van der Waals surface area contributed by atoms with Crippen molar-refractivity contribution in [2.45, 2.75) is 52.2 Å². The van der Waals surface area contributed by atoms with E-state index in [0.717, 1.165) is 19.4 Å². The molecule has 2 atom stereocenters. The Kier molecular flexibility index (Phi) is 9.21. The second-order valence-electron chi connectivity index (χ2n) is 7.79. The number of guanidine groups is 1. The maximum Gasteiger partial charge on any atom is 0.243 e. The summed E-state index contributed by atoms with van der Waals surface area (Å²) in [6.07, 6.45) is 3.62. The molecule has 0 aromatic heterocycles. The van der Waals surface area contributed by atoms with E-state index in [-0.39, 0.29) is 30.1 Å². The highest BCUT2D eigenvalue weighted by Crippen LogP contribution is 2.20. The Morgan fingerprint density at radius 3 is 2.56 bits per heavy atom. The number of amides is 1. The average molecular weight is 357 g/mol. The molecule has 25 heavy (non-hydrogen) atoms. The van der Waals surface area contributed by atoms with Crippen molar-refractivity contribution in [1.82, 2.24) is 15.5 Å². The summed E-state index contributed by atoms with van der Waals surface area (Å²) >= 11 is 0. The van der Waals surface area contributed by atoms with Gasteiger partial charge in [0.25, 0.3) is 0 Å². The van der Waals surface area contributed by atoms with Crippen molar-refractivity contribution >= 4 is 11.9 Å². The molecule has 1 fully saturated rings. The van der Waals surface area contributed by atoms with Crippen LogP contribution in [0, 0.1) is 5.41 Å². The Balaban J connectivity index is 2.62. The van der Waals surface area contributed by atoms with Gasteiger partial charge < -0.3 is 25.0 Å². The first-order chi connectivity index (χ1) is 11.7. The molecule has 7 heteroatoms. The molecule has 1 aliphatic heterocycles. The minimum absolute atomic E-state index is 0.0127. The summed E-state index contributed by atoms with van der Waals surface area (Å²) in [6, 6.07) is 0. The van der Waals surface area contributed by atoms with Crippen molar-refractivity contribution in [3.8, 4) is 0 Å². The van der Waals surface area contributed by atoms with Gasteiger partial charge in [-0.2, -0.15) is 0 Å². The third-order valence-electron chi connectivity index (χ3n) is 4.35. The zero-order valence-corrected chi connectivity index (χ0v) is 16.7. The maximum atomic E-state index is 11.8. The van der Waals surface area contributed by atoms with Gasteiger partial charge in [0.2, 0.25) is 5.91 Å². The molecule has 0 bridgehead atoms. The lowest BCUT2D eigenvalue weighted by Gasteiger charge is -2.30. The van der Waals surface area contributed by atoms with Crippen molar-refractivity contribution in [2.24, 2.45) is 10.4 Å². The summed E-state index contributed by atoms with van der Waals surface area (Å²) in [7, 11) is 5.18. The van der Waals surface area contributed by atoms with Gasteiger partial charge in [-0.05, 0) is 24.7 Å². The lowest BCUT2D eigenvalue weighted by molar-refractivity contribution is -0.127. The highest BCUT2D eigenvalue weighted by molar-refractivity contribution is 5.84. The Labute approximate surface area is 152 Å². The molecule has 0 aliphatic carbocycles. The highest BCUT2D eigenvalue weighted by Gasteiger charge is 2.24. The van der Waals surface area contributed by atoms with Gasteiger partial charge in [0.1, 0.15) is 6.54 Å². The normalized spacial score (nSPS) is 20.1. The minimum Gasteiger partial charge on any atom is -0.379 e. The molecule has 0 radical (unpaired) electrons. The predicted octanol–water partition coefficient (Wildman–Crippen LogP) is 1.24. The number of nitrogens with zero attached hydrogens (tertiary/aromatic N) is 2. The molecule has 0 aromatic rings. The minimum atomic E-state index is -0.0332. The molecule has 2 unspecified atom stereocenters. The largest absolute Gasteiger partial charge is 0.379 e. The average Bonchev–Trinajstić information content (AvgIpc) is 2.56. The third-order valence-corrected chi connectivity index (χ3v) is 4.35. The lowest BCUT2D eigenvalue weighted by Crippen LogP contribution is -2.47. The van der Waals surface area contributed by atoms with Crippen LogP contribution < -0.4 is 10.6 Å². The van der Waals surface area contributed by atoms with E-state index in [4.69, 9.17) is 9.47 Å². The summed E-state index contributed by atoms with van der Waals surface area (Å²) in [4.78, 5) is 17.8. The van der Waals surface area contributed by atoms with E-state index in [1.54, 1.807) is 26.1 Å². The van der Waals surface area contributed by atoms with Crippen LogP contribution in [0.25, 0.3) is 0 Å².